The quantitative estimate of drug-likeness (QED) is 0.523. The summed E-state index contributed by atoms with van der Waals surface area (Å²) in [5, 5.41) is -0.0434. The summed E-state index contributed by atoms with van der Waals surface area (Å²) in [7, 11) is 0. The Bertz CT molecular complexity index is 346. The van der Waals surface area contributed by atoms with Crippen molar-refractivity contribution in [2.75, 3.05) is 0 Å². The number of alkyl halides is 4. The largest absolute Gasteiger partial charge is 0.417 e. The predicted octanol–water partition coefficient (Wildman–Crippen LogP) is 4.50. The summed E-state index contributed by atoms with van der Waals surface area (Å²) in [5.74, 6) is -0.695. The van der Waals surface area contributed by atoms with Gasteiger partial charge in [-0.15, -0.1) is 0 Å². The normalized spacial score (nSPS) is 11.9. The van der Waals surface area contributed by atoms with E-state index < -0.39 is 17.6 Å². The van der Waals surface area contributed by atoms with E-state index in [0.29, 0.717) is 0 Å². The van der Waals surface area contributed by atoms with Crippen LogP contribution in [0.25, 0.3) is 0 Å². The smallest absolute Gasteiger partial charge is 0.207 e. The molecular weight excluding hydrogens is 332 g/mol. The minimum absolute atomic E-state index is 0.0434. The van der Waals surface area contributed by atoms with Crippen molar-refractivity contribution >= 4 is 31.9 Å². The molecule has 1 aromatic carbocycles. The van der Waals surface area contributed by atoms with Crippen molar-refractivity contribution in [3.8, 4) is 0 Å². The van der Waals surface area contributed by atoms with E-state index in [4.69, 9.17) is 0 Å². The van der Waals surface area contributed by atoms with Crippen molar-refractivity contribution in [2.24, 2.45) is 0 Å². The Morgan fingerprint density at radius 3 is 2.21 bits per heavy atom. The van der Waals surface area contributed by atoms with E-state index >= 15 is 0 Å². The molecule has 6 heteroatoms. The van der Waals surface area contributed by atoms with Crippen LogP contribution in [0.5, 0.6) is 0 Å². The number of hydrogen-bond acceptors (Lipinski definition) is 0. The van der Waals surface area contributed by atoms with Gasteiger partial charge in [-0.1, -0.05) is 31.9 Å². The van der Waals surface area contributed by atoms with Crippen LogP contribution in [0.15, 0.2) is 16.6 Å². The third-order valence-electron chi connectivity index (χ3n) is 1.56. The Kier molecular flexibility index (Phi) is 3.58. The Morgan fingerprint density at radius 1 is 1.21 bits per heavy atom. The highest BCUT2D eigenvalue weighted by molar-refractivity contribution is 9.10. The summed E-state index contributed by atoms with van der Waals surface area (Å²) in [5.41, 5.74) is -0.958. The summed E-state index contributed by atoms with van der Waals surface area (Å²) >= 11 is 5.58. The van der Waals surface area contributed by atoms with E-state index in [1.165, 1.54) is 0 Å². The standard InChI is InChI=1S/C8H4Br2F4/c9-3-4-1-5(11)2-6(10)7(4)8(12,13)14/h1-2H,3H2. The highest BCUT2D eigenvalue weighted by atomic mass is 79.9. The maximum Gasteiger partial charge on any atom is 0.417 e. The molecule has 0 nitrogen and oxygen atoms in total. The monoisotopic (exact) mass is 334 g/mol. The van der Waals surface area contributed by atoms with Gasteiger partial charge in [0.15, 0.2) is 0 Å². The minimum atomic E-state index is -4.48. The average molecular weight is 336 g/mol. The molecule has 78 valence electrons. The molecule has 0 unspecified atom stereocenters. The minimum Gasteiger partial charge on any atom is -0.207 e. The second kappa shape index (κ2) is 4.18. The van der Waals surface area contributed by atoms with E-state index in [1.807, 2.05) is 0 Å². The van der Waals surface area contributed by atoms with Crippen LogP contribution in [-0.2, 0) is 11.5 Å². The van der Waals surface area contributed by atoms with Crippen LogP contribution >= 0.6 is 31.9 Å². The zero-order valence-electron chi connectivity index (χ0n) is 6.63. The van der Waals surface area contributed by atoms with Gasteiger partial charge in [0.1, 0.15) is 5.82 Å². The van der Waals surface area contributed by atoms with Crippen LogP contribution in [0.2, 0.25) is 0 Å². The molecule has 0 fully saturated rings. The Hall–Kier alpha value is -0.100. The molecule has 0 saturated heterocycles. The average Bonchev–Trinajstić information content (AvgIpc) is 1.99. The van der Waals surface area contributed by atoms with Gasteiger partial charge in [-0.3, -0.25) is 0 Å². The lowest BCUT2D eigenvalue weighted by molar-refractivity contribution is -0.138. The molecule has 0 N–H and O–H groups in total. The van der Waals surface area contributed by atoms with Gasteiger partial charge in [0, 0.05) is 9.80 Å². The molecule has 0 saturated carbocycles. The van der Waals surface area contributed by atoms with E-state index in [0.717, 1.165) is 12.1 Å². The zero-order chi connectivity index (χ0) is 10.9. The zero-order valence-corrected chi connectivity index (χ0v) is 9.80. The Morgan fingerprint density at radius 2 is 1.79 bits per heavy atom. The Balaban J connectivity index is 3.40. The summed E-state index contributed by atoms with van der Waals surface area (Å²) in [6.45, 7) is 0. The van der Waals surface area contributed by atoms with Gasteiger partial charge in [-0.25, -0.2) is 4.39 Å². The first kappa shape index (κ1) is 12.0. The van der Waals surface area contributed by atoms with Crippen molar-refractivity contribution in [3.63, 3.8) is 0 Å². The van der Waals surface area contributed by atoms with Crippen LogP contribution in [0.1, 0.15) is 11.1 Å². The van der Waals surface area contributed by atoms with Crippen molar-refractivity contribution in [1.82, 2.24) is 0 Å². The topological polar surface area (TPSA) is 0 Å². The van der Waals surface area contributed by atoms with Gasteiger partial charge < -0.3 is 0 Å². The summed E-state index contributed by atoms with van der Waals surface area (Å²) in [4.78, 5) is 0. The second-order valence-electron chi connectivity index (χ2n) is 2.55. The number of hydrogen-bond donors (Lipinski definition) is 0. The lowest BCUT2D eigenvalue weighted by atomic mass is 10.1. The maximum absolute atomic E-state index is 12.8. The van der Waals surface area contributed by atoms with Crippen LogP contribution in [0.3, 0.4) is 0 Å². The molecule has 0 atom stereocenters. The molecule has 0 aliphatic heterocycles. The molecule has 0 aromatic heterocycles. The maximum atomic E-state index is 12.8. The van der Waals surface area contributed by atoms with Crippen LogP contribution in [-0.4, -0.2) is 0 Å². The van der Waals surface area contributed by atoms with Gasteiger partial charge in [-0.2, -0.15) is 13.2 Å². The van der Waals surface area contributed by atoms with Crippen LogP contribution in [0, 0.1) is 5.82 Å². The van der Waals surface area contributed by atoms with Gasteiger partial charge in [0.25, 0.3) is 0 Å². The highest BCUT2D eigenvalue weighted by Crippen LogP contribution is 2.38. The van der Waals surface area contributed by atoms with Crippen molar-refractivity contribution in [1.29, 1.82) is 0 Å². The second-order valence-corrected chi connectivity index (χ2v) is 3.97. The van der Waals surface area contributed by atoms with Crippen molar-refractivity contribution < 1.29 is 17.6 Å². The van der Waals surface area contributed by atoms with E-state index in [1.54, 1.807) is 0 Å². The van der Waals surface area contributed by atoms with Crippen molar-refractivity contribution in [3.05, 3.63) is 33.5 Å². The van der Waals surface area contributed by atoms with Gasteiger partial charge in [0.2, 0.25) is 0 Å². The van der Waals surface area contributed by atoms with Crippen molar-refractivity contribution in [2.45, 2.75) is 11.5 Å². The fraction of sp³-hybridized carbons (Fsp3) is 0.250. The van der Waals surface area contributed by atoms with Gasteiger partial charge in [-0.05, 0) is 17.7 Å². The van der Waals surface area contributed by atoms with Crippen LogP contribution in [0.4, 0.5) is 17.6 Å². The number of benzene rings is 1. The number of halogens is 6. The Labute approximate surface area is 94.6 Å². The molecule has 14 heavy (non-hydrogen) atoms. The van der Waals surface area contributed by atoms with E-state index in [2.05, 4.69) is 31.9 Å². The molecule has 1 aromatic rings. The summed E-state index contributed by atoms with van der Waals surface area (Å²) in [6.07, 6.45) is -4.48. The molecule has 0 aliphatic carbocycles. The van der Waals surface area contributed by atoms with E-state index in [9.17, 15) is 17.6 Å². The highest BCUT2D eigenvalue weighted by Gasteiger charge is 2.35. The van der Waals surface area contributed by atoms with Gasteiger partial charge in [0.05, 0.1) is 5.56 Å². The SMILES string of the molecule is Fc1cc(Br)c(C(F)(F)F)c(CBr)c1. The first-order valence-electron chi connectivity index (χ1n) is 3.47. The molecule has 0 aliphatic rings. The third kappa shape index (κ3) is 2.48. The third-order valence-corrected chi connectivity index (χ3v) is 2.79. The fourth-order valence-corrected chi connectivity index (χ4v) is 2.19. The molecule has 0 spiro atoms. The molecule has 0 radical (unpaired) electrons. The molecule has 0 heterocycles. The van der Waals surface area contributed by atoms with E-state index in [-0.39, 0.29) is 15.4 Å². The van der Waals surface area contributed by atoms with Gasteiger partial charge >= 0.3 is 6.18 Å². The van der Waals surface area contributed by atoms with Crippen LogP contribution < -0.4 is 0 Å². The lowest BCUT2D eigenvalue weighted by Crippen LogP contribution is -2.10. The number of rotatable bonds is 1. The molecule has 1 rings (SSSR count). The predicted molar refractivity (Wildman–Crippen MR) is 51.7 cm³/mol. The molecular formula is C8H4Br2F4. The first-order chi connectivity index (χ1) is 6.36. The fourth-order valence-electron chi connectivity index (χ4n) is 1.05. The molecule has 0 bridgehead atoms. The lowest BCUT2D eigenvalue weighted by Gasteiger charge is -2.13. The summed E-state index contributed by atoms with van der Waals surface area (Å²) < 4.78 is 49.9. The first-order valence-corrected chi connectivity index (χ1v) is 5.38. The molecule has 0 amide bonds. The summed E-state index contributed by atoms with van der Waals surface area (Å²) in [6, 6.07) is 1.66.